The number of carbonyl (C=O) groups is 2. The molecule has 1 heterocycles. The maximum atomic E-state index is 12.2. The summed E-state index contributed by atoms with van der Waals surface area (Å²) < 4.78 is 0. The van der Waals surface area contributed by atoms with Crippen LogP contribution in [0, 0.1) is 0 Å². The molecular weight excluding hydrogens is 400 g/mol. The summed E-state index contributed by atoms with van der Waals surface area (Å²) in [6.07, 6.45) is -0.0455. The Labute approximate surface area is 179 Å². The van der Waals surface area contributed by atoms with Crippen LogP contribution in [0.2, 0.25) is 0 Å². The second-order valence-electron chi connectivity index (χ2n) is 7.90. The Kier molecular flexibility index (Phi) is 6.56. The van der Waals surface area contributed by atoms with Gasteiger partial charge in [-0.1, -0.05) is 68.9 Å². The lowest BCUT2D eigenvalue weighted by Gasteiger charge is -2.18. The topological polar surface area (TPSA) is 108 Å². The Morgan fingerprint density at radius 1 is 1.07 bits per heavy atom. The number of hydrogen-bond donors (Lipinski definition) is 3. The molecule has 0 aliphatic heterocycles. The third-order valence-electron chi connectivity index (χ3n) is 4.41. The van der Waals surface area contributed by atoms with Crippen LogP contribution in [0.4, 0.5) is 5.69 Å². The summed E-state index contributed by atoms with van der Waals surface area (Å²) in [6.45, 7) is 6.50. The number of carboxylic acids is 1. The molecule has 3 N–H and O–H groups in total. The van der Waals surface area contributed by atoms with Gasteiger partial charge in [0.1, 0.15) is 0 Å². The molecule has 2 aromatic carbocycles. The zero-order valence-corrected chi connectivity index (χ0v) is 17.9. The third kappa shape index (κ3) is 5.93. The molecular formula is C22H24N4O3S. The first-order valence-electron chi connectivity index (χ1n) is 9.47. The van der Waals surface area contributed by atoms with E-state index in [-0.39, 0.29) is 23.5 Å². The van der Waals surface area contributed by atoms with E-state index in [9.17, 15) is 9.59 Å². The number of aliphatic carboxylic acids is 1. The minimum Gasteiger partial charge on any atom is -0.481 e. The van der Waals surface area contributed by atoms with E-state index in [0.717, 1.165) is 5.56 Å². The largest absolute Gasteiger partial charge is 0.481 e. The molecule has 3 rings (SSSR count). The highest BCUT2D eigenvalue weighted by Crippen LogP contribution is 2.25. The fourth-order valence-corrected chi connectivity index (χ4v) is 3.37. The van der Waals surface area contributed by atoms with Gasteiger partial charge in [-0.25, -0.2) is 4.98 Å². The summed E-state index contributed by atoms with van der Waals surface area (Å²) in [4.78, 5) is 27.3. The summed E-state index contributed by atoms with van der Waals surface area (Å²) in [5, 5.41) is 19.2. The number of nitrogens with zero attached hydrogens (tertiary/aromatic N) is 2. The fraction of sp³-hybridized carbons (Fsp3) is 0.273. The van der Waals surface area contributed by atoms with Gasteiger partial charge in [-0.15, -0.1) is 5.10 Å². The Morgan fingerprint density at radius 3 is 2.33 bits per heavy atom. The summed E-state index contributed by atoms with van der Waals surface area (Å²) >= 11 is 1.24. The molecule has 8 heteroatoms. The van der Waals surface area contributed by atoms with Crippen molar-refractivity contribution in [2.45, 2.75) is 37.8 Å². The van der Waals surface area contributed by atoms with Crippen molar-refractivity contribution in [1.29, 1.82) is 0 Å². The number of H-pyrrole nitrogens is 1. The Hall–Kier alpha value is -3.13. The summed E-state index contributed by atoms with van der Waals surface area (Å²) in [6, 6.07) is 14.9. The molecule has 0 saturated carbocycles. The molecule has 1 amide bonds. The van der Waals surface area contributed by atoms with Crippen LogP contribution in [0.5, 0.6) is 0 Å². The summed E-state index contributed by atoms with van der Waals surface area (Å²) in [7, 11) is 0. The number of carboxylic acid groups (broad SMARTS) is 1. The molecule has 0 bridgehead atoms. The summed E-state index contributed by atoms with van der Waals surface area (Å²) in [5.41, 5.74) is 3.56. The Morgan fingerprint density at radius 2 is 1.73 bits per heavy atom. The first kappa shape index (κ1) is 21.6. The Balaban J connectivity index is 1.53. The first-order chi connectivity index (χ1) is 14.2. The summed E-state index contributed by atoms with van der Waals surface area (Å²) in [5.74, 6) is -0.254. The quantitative estimate of drug-likeness (QED) is 0.492. The van der Waals surface area contributed by atoms with Gasteiger partial charge in [0, 0.05) is 11.3 Å². The molecule has 1 aromatic heterocycles. The highest BCUT2D eigenvalue weighted by molar-refractivity contribution is 7.99. The molecule has 0 atom stereocenters. The zero-order valence-electron chi connectivity index (χ0n) is 17.1. The molecule has 0 spiro atoms. The fourth-order valence-electron chi connectivity index (χ4n) is 2.78. The van der Waals surface area contributed by atoms with E-state index in [1.54, 1.807) is 24.3 Å². The highest BCUT2D eigenvalue weighted by atomic mass is 32.2. The average Bonchev–Trinajstić information content (AvgIpc) is 3.16. The van der Waals surface area contributed by atoms with E-state index >= 15 is 0 Å². The minimum atomic E-state index is -0.890. The van der Waals surface area contributed by atoms with Crippen LogP contribution in [0.15, 0.2) is 53.7 Å². The van der Waals surface area contributed by atoms with E-state index in [0.29, 0.717) is 22.2 Å². The van der Waals surface area contributed by atoms with Crippen molar-refractivity contribution < 1.29 is 14.7 Å². The van der Waals surface area contributed by atoms with Crippen molar-refractivity contribution in [2.75, 3.05) is 11.1 Å². The number of rotatable bonds is 7. The van der Waals surface area contributed by atoms with Crippen LogP contribution < -0.4 is 5.32 Å². The number of nitrogens with one attached hydrogen (secondary N) is 2. The van der Waals surface area contributed by atoms with Gasteiger partial charge >= 0.3 is 5.97 Å². The average molecular weight is 425 g/mol. The van der Waals surface area contributed by atoms with Gasteiger partial charge in [-0.3, -0.25) is 14.7 Å². The van der Waals surface area contributed by atoms with Crippen LogP contribution in [-0.2, 0) is 21.4 Å². The van der Waals surface area contributed by atoms with E-state index in [2.05, 4.69) is 53.4 Å². The van der Waals surface area contributed by atoms with Crippen molar-refractivity contribution in [3.63, 3.8) is 0 Å². The molecule has 0 fully saturated rings. The van der Waals surface area contributed by atoms with E-state index in [1.807, 2.05) is 12.1 Å². The van der Waals surface area contributed by atoms with E-state index in [4.69, 9.17) is 5.11 Å². The van der Waals surface area contributed by atoms with E-state index in [1.165, 1.54) is 17.3 Å². The lowest BCUT2D eigenvalue weighted by Crippen LogP contribution is -2.14. The van der Waals surface area contributed by atoms with Crippen LogP contribution in [0.3, 0.4) is 0 Å². The molecule has 0 unspecified atom stereocenters. The minimum absolute atomic E-state index is 0.0455. The second-order valence-corrected chi connectivity index (χ2v) is 8.84. The van der Waals surface area contributed by atoms with Gasteiger partial charge in [-0.05, 0) is 28.7 Å². The van der Waals surface area contributed by atoms with Gasteiger partial charge in [0.25, 0.3) is 0 Å². The van der Waals surface area contributed by atoms with E-state index < -0.39 is 5.97 Å². The smallest absolute Gasteiger partial charge is 0.307 e. The first-order valence-corrected chi connectivity index (χ1v) is 10.5. The van der Waals surface area contributed by atoms with Crippen molar-refractivity contribution in [3.8, 4) is 11.4 Å². The number of aromatic nitrogens is 3. The molecule has 7 nitrogen and oxygen atoms in total. The van der Waals surface area contributed by atoms with Crippen LogP contribution in [0.1, 0.15) is 31.9 Å². The van der Waals surface area contributed by atoms with Gasteiger partial charge in [0.15, 0.2) is 5.82 Å². The second kappa shape index (κ2) is 9.13. The molecule has 0 aliphatic carbocycles. The number of hydrogen-bond acceptors (Lipinski definition) is 5. The molecule has 3 aromatic rings. The molecule has 0 aliphatic rings. The number of anilines is 1. The lowest BCUT2D eigenvalue weighted by atomic mass is 9.87. The van der Waals surface area contributed by atoms with Crippen LogP contribution in [0.25, 0.3) is 11.4 Å². The van der Waals surface area contributed by atoms with Crippen molar-refractivity contribution in [2.24, 2.45) is 0 Å². The predicted molar refractivity (Wildman–Crippen MR) is 118 cm³/mol. The maximum Gasteiger partial charge on any atom is 0.307 e. The number of thioether (sulfide) groups is 1. The van der Waals surface area contributed by atoms with Crippen molar-refractivity contribution >= 4 is 29.3 Å². The Bertz CT molecular complexity index is 1020. The maximum absolute atomic E-state index is 12.2. The van der Waals surface area contributed by atoms with Crippen molar-refractivity contribution in [3.05, 3.63) is 59.7 Å². The standard InChI is InChI=1S/C22H24N4O3S/c1-22(2,3)16-8-6-15(7-9-16)20-24-21(26-25-20)30-13-18(27)23-17-10-4-14(5-11-17)12-19(28)29/h4-11H,12-13H2,1-3H3,(H,23,27)(H,28,29)(H,24,25,26). The van der Waals surface area contributed by atoms with Gasteiger partial charge in [0.2, 0.25) is 11.1 Å². The monoisotopic (exact) mass is 424 g/mol. The van der Waals surface area contributed by atoms with Gasteiger partial charge in [-0.2, -0.15) is 0 Å². The van der Waals surface area contributed by atoms with Crippen LogP contribution >= 0.6 is 11.8 Å². The van der Waals surface area contributed by atoms with Gasteiger partial charge < -0.3 is 10.4 Å². The SMILES string of the molecule is CC(C)(C)c1ccc(-c2nc(SCC(=O)Nc3ccc(CC(=O)O)cc3)n[nH]2)cc1. The highest BCUT2D eigenvalue weighted by Gasteiger charge is 2.14. The molecule has 156 valence electrons. The molecule has 0 saturated heterocycles. The third-order valence-corrected chi connectivity index (χ3v) is 5.26. The molecule has 0 radical (unpaired) electrons. The number of benzene rings is 2. The van der Waals surface area contributed by atoms with Crippen molar-refractivity contribution in [1.82, 2.24) is 15.2 Å². The lowest BCUT2D eigenvalue weighted by molar-refractivity contribution is -0.136. The number of amides is 1. The predicted octanol–water partition coefficient (Wildman–Crippen LogP) is 4.13. The molecule has 30 heavy (non-hydrogen) atoms. The van der Waals surface area contributed by atoms with Gasteiger partial charge in [0.05, 0.1) is 12.2 Å². The number of aromatic amines is 1. The zero-order chi connectivity index (χ0) is 21.7. The normalized spacial score (nSPS) is 11.3. The number of carbonyl (C=O) groups excluding carboxylic acids is 1. The van der Waals surface area contributed by atoms with Crippen LogP contribution in [-0.4, -0.2) is 37.9 Å².